The summed E-state index contributed by atoms with van der Waals surface area (Å²) in [5.74, 6) is 2.86. The van der Waals surface area contributed by atoms with Crippen molar-refractivity contribution in [2.24, 2.45) is 0 Å². The Balaban J connectivity index is 1.09. The second kappa shape index (κ2) is 11.8. The van der Waals surface area contributed by atoms with E-state index in [0.717, 1.165) is 84.3 Å². The van der Waals surface area contributed by atoms with Gasteiger partial charge in [0.05, 0.1) is 30.8 Å². The minimum absolute atomic E-state index is 0.0371. The number of carbonyl (C=O) groups excluding carboxylic acids is 1. The van der Waals surface area contributed by atoms with Gasteiger partial charge in [-0.2, -0.15) is 0 Å². The molecule has 8 heteroatoms. The van der Waals surface area contributed by atoms with E-state index < -0.39 is 0 Å². The van der Waals surface area contributed by atoms with Crippen LogP contribution in [0.25, 0.3) is 22.2 Å². The Morgan fingerprint density at radius 1 is 0.974 bits per heavy atom. The van der Waals surface area contributed by atoms with E-state index in [0.29, 0.717) is 25.3 Å². The van der Waals surface area contributed by atoms with Crippen LogP contribution in [-0.4, -0.2) is 77.4 Å². The van der Waals surface area contributed by atoms with Crippen molar-refractivity contribution in [1.29, 1.82) is 0 Å². The topological polar surface area (TPSA) is 70.7 Å². The fourth-order valence-corrected chi connectivity index (χ4v) is 6.08. The maximum absolute atomic E-state index is 13.4. The van der Waals surface area contributed by atoms with Crippen LogP contribution < -0.4 is 4.74 Å². The number of hydrogen-bond donors (Lipinski definition) is 1. The number of amides is 1. The van der Waals surface area contributed by atoms with Crippen LogP contribution in [0.4, 0.5) is 0 Å². The molecule has 0 radical (unpaired) electrons. The molecule has 3 heterocycles. The number of nitrogens with one attached hydrogen (secondary N) is 1. The number of benzene rings is 3. The number of aromatic nitrogens is 2. The van der Waals surface area contributed by atoms with Gasteiger partial charge in [0, 0.05) is 35.7 Å². The highest BCUT2D eigenvalue weighted by atomic mass is 32.2. The van der Waals surface area contributed by atoms with Crippen LogP contribution in [0.5, 0.6) is 5.75 Å². The third kappa shape index (κ3) is 6.13. The molecule has 0 saturated carbocycles. The third-order valence-corrected chi connectivity index (χ3v) is 8.45. The van der Waals surface area contributed by atoms with Gasteiger partial charge < -0.3 is 19.4 Å². The number of aryl methyl sites for hydroxylation is 1. The molecule has 2 aliphatic rings. The predicted molar refractivity (Wildman–Crippen MR) is 156 cm³/mol. The summed E-state index contributed by atoms with van der Waals surface area (Å²) in [5, 5.41) is 0. The molecular formula is C31H34N4O3S. The first kappa shape index (κ1) is 25.9. The highest BCUT2D eigenvalue weighted by Gasteiger charge is 2.22. The third-order valence-electron chi connectivity index (χ3n) is 7.35. The van der Waals surface area contributed by atoms with Gasteiger partial charge in [0.15, 0.2) is 0 Å². The van der Waals surface area contributed by atoms with Gasteiger partial charge in [-0.3, -0.25) is 9.69 Å². The number of imidazole rings is 1. The zero-order valence-corrected chi connectivity index (χ0v) is 23.1. The summed E-state index contributed by atoms with van der Waals surface area (Å²) in [6, 6.07) is 20.5. The molecule has 0 bridgehead atoms. The molecule has 0 unspecified atom stereocenters. The molecule has 3 aromatic carbocycles. The van der Waals surface area contributed by atoms with E-state index in [-0.39, 0.29) is 5.91 Å². The Kier molecular flexibility index (Phi) is 7.85. The largest absolute Gasteiger partial charge is 0.491 e. The Hall–Kier alpha value is -3.33. The molecule has 1 fully saturated rings. The molecule has 202 valence electrons. The van der Waals surface area contributed by atoms with Crippen molar-refractivity contribution < 1.29 is 14.3 Å². The molecular weight excluding hydrogens is 508 g/mol. The minimum Gasteiger partial charge on any atom is -0.491 e. The van der Waals surface area contributed by atoms with Crippen LogP contribution in [-0.2, 0) is 11.3 Å². The minimum atomic E-state index is 0.0371. The molecule has 1 saturated heterocycles. The van der Waals surface area contributed by atoms with Gasteiger partial charge in [-0.15, -0.1) is 11.8 Å². The average Bonchev–Trinajstić information content (AvgIpc) is 3.21. The van der Waals surface area contributed by atoms with Crippen LogP contribution in [0.15, 0.2) is 65.6 Å². The number of thioether (sulfide) groups is 1. The number of morpholine rings is 1. The van der Waals surface area contributed by atoms with Crippen molar-refractivity contribution in [2.75, 3.05) is 51.8 Å². The van der Waals surface area contributed by atoms with E-state index in [1.165, 1.54) is 4.90 Å². The number of H-pyrrole nitrogens is 1. The molecule has 7 nitrogen and oxygen atoms in total. The Labute approximate surface area is 233 Å². The van der Waals surface area contributed by atoms with Crippen molar-refractivity contribution in [2.45, 2.75) is 24.8 Å². The Bertz CT molecular complexity index is 1450. The zero-order valence-electron chi connectivity index (χ0n) is 22.3. The average molecular weight is 543 g/mol. The molecule has 0 atom stereocenters. The van der Waals surface area contributed by atoms with Crippen molar-refractivity contribution in [3.8, 4) is 16.9 Å². The summed E-state index contributed by atoms with van der Waals surface area (Å²) in [5.41, 5.74) is 5.92. The van der Waals surface area contributed by atoms with Gasteiger partial charge in [-0.1, -0.05) is 12.1 Å². The first-order chi connectivity index (χ1) is 19.1. The number of carbonyl (C=O) groups is 1. The quantitative estimate of drug-likeness (QED) is 0.250. The molecule has 1 amide bonds. The van der Waals surface area contributed by atoms with E-state index in [1.54, 1.807) is 0 Å². The van der Waals surface area contributed by atoms with Crippen LogP contribution in [0.3, 0.4) is 0 Å². The summed E-state index contributed by atoms with van der Waals surface area (Å²) in [6.07, 6.45) is 1.15. The van der Waals surface area contributed by atoms with Crippen LogP contribution in [0.1, 0.15) is 28.2 Å². The maximum Gasteiger partial charge on any atom is 0.254 e. The summed E-state index contributed by atoms with van der Waals surface area (Å²) in [6.45, 7) is 8.40. The maximum atomic E-state index is 13.4. The standard InChI is InChI=1S/C31H34N4O3S/c1-22-32-28-9-5-25(20-29(28)33-22)24-6-10-30-26(19-24)21-35(14-17-38-30)31(36)23-3-7-27(8-4-23)39-18-2-11-34-12-15-37-16-13-34/h3-10,19-20H,2,11-18,21H2,1H3,(H,32,33). The number of fused-ring (bicyclic) bond motifs is 2. The van der Waals surface area contributed by atoms with Gasteiger partial charge in [-0.05, 0) is 85.3 Å². The number of rotatable bonds is 7. The summed E-state index contributed by atoms with van der Waals surface area (Å²) in [4.78, 5) is 26.8. The van der Waals surface area contributed by atoms with Crippen molar-refractivity contribution in [3.05, 3.63) is 77.6 Å². The van der Waals surface area contributed by atoms with E-state index in [1.807, 2.05) is 47.9 Å². The molecule has 2 aliphatic heterocycles. The molecule has 39 heavy (non-hydrogen) atoms. The first-order valence-electron chi connectivity index (χ1n) is 13.7. The normalized spacial score (nSPS) is 16.1. The van der Waals surface area contributed by atoms with Gasteiger partial charge in [0.2, 0.25) is 0 Å². The molecule has 0 aliphatic carbocycles. The van der Waals surface area contributed by atoms with Gasteiger partial charge in [-0.25, -0.2) is 4.98 Å². The summed E-state index contributed by atoms with van der Waals surface area (Å²) >= 11 is 1.85. The van der Waals surface area contributed by atoms with E-state index in [9.17, 15) is 4.79 Å². The van der Waals surface area contributed by atoms with Crippen LogP contribution >= 0.6 is 11.8 Å². The first-order valence-corrected chi connectivity index (χ1v) is 14.7. The smallest absolute Gasteiger partial charge is 0.254 e. The monoisotopic (exact) mass is 542 g/mol. The van der Waals surface area contributed by atoms with Crippen molar-refractivity contribution in [1.82, 2.24) is 19.8 Å². The molecule has 1 aromatic heterocycles. The summed E-state index contributed by atoms with van der Waals surface area (Å²) in [7, 11) is 0. The zero-order chi connectivity index (χ0) is 26.6. The lowest BCUT2D eigenvalue weighted by atomic mass is 10.0. The van der Waals surface area contributed by atoms with Gasteiger partial charge >= 0.3 is 0 Å². The number of nitrogens with zero attached hydrogens (tertiary/aromatic N) is 3. The van der Waals surface area contributed by atoms with E-state index in [4.69, 9.17) is 9.47 Å². The number of hydrogen-bond acceptors (Lipinski definition) is 6. The number of ether oxygens (including phenoxy) is 2. The second-order valence-corrected chi connectivity index (χ2v) is 11.3. The molecule has 0 spiro atoms. The van der Waals surface area contributed by atoms with Crippen LogP contribution in [0, 0.1) is 6.92 Å². The Morgan fingerprint density at radius 2 is 1.77 bits per heavy atom. The lowest BCUT2D eigenvalue weighted by Gasteiger charge is -2.26. The van der Waals surface area contributed by atoms with Crippen molar-refractivity contribution in [3.63, 3.8) is 0 Å². The predicted octanol–water partition coefficient (Wildman–Crippen LogP) is 5.39. The summed E-state index contributed by atoms with van der Waals surface area (Å²) < 4.78 is 11.4. The molecule has 1 N–H and O–H groups in total. The number of aromatic amines is 1. The van der Waals surface area contributed by atoms with Gasteiger partial charge in [0.1, 0.15) is 18.2 Å². The van der Waals surface area contributed by atoms with E-state index >= 15 is 0 Å². The lowest BCUT2D eigenvalue weighted by Crippen LogP contribution is -2.36. The second-order valence-electron chi connectivity index (χ2n) is 10.1. The Morgan fingerprint density at radius 3 is 2.62 bits per heavy atom. The highest BCUT2D eigenvalue weighted by Crippen LogP contribution is 2.31. The van der Waals surface area contributed by atoms with Gasteiger partial charge in [0.25, 0.3) is 5.91 Å². The SMILES string of the molecule is Cc1nc2ccc(-c3ccc4c(c3)CN(C(=O)c3ccc(SCCCN5CCOCC5)cc3)CCO4)cc2[nH]1. The highest BCUT2D eigenvalue weighted by molar-refractivity contribution is 7.99. The van der Waals surface area contributed by atoms with Crippen molar-refractivity contribution >= 4 is 28.7 Å². The van der Waals surface area contributed by atoms with E-state index in [2.05, 4.69) is 51.3 Å². The fourth-order valence-electron chi connectivity index (χ4n) is 5.24. The molecule has 6 rings (SSSR count). The molecule has 4 aromatic rings. The lowest BCUT2D eigenvalue weighted by molar-refractivity contribution is 0.0381. The fraction of sp³-hybridized carbons (Fsp3) is 0.355. The van der Waals surface area contributed by atoms with Crippen LogP contribution in [0.2, 0.25) is 0 Å².